The van der Waals surface area contributed by atoms with Gasteiger partial charge in [0.25, 0.3) is 0 Å². The molecular formula is C17H26N2O. The smallest absolute Gasteiger partial charge is 0.227 e. The van der Waals surface area contributed by atoms with E-state index in [2.05, 4.69) is 0 Å². The number of carbonyl (C=O) groups excluding carboxylic acids is 1. The standard InChI is InChI=1S/C17H26N2O/c1-13(16(18)15-10-4-3-5-11-15)17(20)19(2)12-14-8-6-7-9-14/h3-5,10-11,13-14,16H,6-9,12,18H2,1-2H3. The van der Waals surface area contributed by atoms with Crippen molar-refractivity contribution in [2.45, 2.75) is 38.6 Å². The topological polar surface area (TPSA) is 46.3 Å². The molecule has 1 amide bonds. The van der Waals surface area contributed by atoms with Crippen molar-refractivity contribution in [3.8, 4) is 0 Å². The van der Waals surface area contributed by atoms with Crippen LogP contribution in [0.4, 0.5) is 0 Å². The molecule has 1 aromatic rings. The first-order valence-electron chi connectivity index (χ1n) is 7.65. The second-order valence-electron chi connectivity index (χ2n) is 6.09. The van der Waals surface area contributed by atoms with Crippen molar-refractivity contribution in [2.75, 3.05) is 13.6 Å². The zero-order chi connectivity index (χ0) is 14.5. The first-order chi connectivity index (χ1) is 9.59. The summed E-state index contributed by atoms with van der Waals surface area (Å²) in [6.07, 6.45) is 5.14. The predicted octanol–water partition coefficient (Wildman–Crippen LogP) is 2.97. The Morgan fingerprint density at radius 3 is 2.50 bits per heavy atom. The van der Waals surface area contributed by atoms with Gasteiger partial charge in [0, 0.05) is 19.6 Å². The molecule has 3 heteroatoms. The van der Waals surface area contributed by atoms with Crippen LogP contribution < -0.4 is 5.73 Å². The van der Waals surface area contributed by atoms with Gasteiger partial charge in [0.2, 0.25) is 5.91 Å². The van der Waals surface area contributed by atoms with E-state index < -0.39 is 0 Å². The number of amides is 1. The van der Waals surface area contributed by atoms with Crippen LogP contribution in [0.25, 0.3) is 0 Å². The minimum absolute atomic E-state index is 0.160. The highest BCUT2D eigenvalue weighted by Gasteiger charge is 2.27. The number of nitrogens with zero attached hydrogens (tertiary/aromatic N) is 1. The number of hydrogen-bond acceptors (Lipinski definition) is 2. The van der Waals surface area contributed by atoms with Crippen molar-refractivity contribution in [1.29, 1.82) is 0 Å². The first-order valence-corrected chi connectivity index (χ1v) is 7.65. The summed E-state index contributed by atoms with van der Waals surface area (Å²) in [5.41, 5.74) is 7.27. The highest BCUT2D eigenvalue weighted by molar-refractivity contribution is 5.79. The van der Waals surface area contributed by atoms with Crippen LogP contribution in [0.5, 0.6) is 0 Å². The maximum absolute atomic E-state index is 12.5. The molecule has 1 aromatic carbocycles. The Morgan fingerprint density at radius 2 is 1.90 bits per heavy atom. The van der Waals surface area contributed by atoms with E-state index in [1.54, 1.807) is 0 Å². The zero-order valence-corrected chi connectivity index (χ0v) is 12.6. The van der Waals surface area contributed by atoms with Gasteiger partial charge >= 0.3 is 0 Å². The Balaban J connectivity index is 1.93. The Morgan fingerprint density at radius 1 is 1.30 bits per heavy atom. The van der Waals surface area contributed by atoms with Crippen molar-refractivity contribution in [1.82, 2.24) is 4.90 Å². The van der Waals surface area contributed by atoms with Crippen LogP contribution >= 0.6 is 0 Å². The van der Waals surface area contributed by atoms with Crippen LogP contribution in [-0.2, 0) is 4.79 Å². The molecule has 1 aliphatic carbocycles. The molecule has 3 nitrogen and oxygen atoms in total. The fraction of sp³-hybridized carbons (Fsp3) is 0.588. The molecule has 2 unspecified atom stereocenters. The molecule has 0 aliphatic heterocycles. The molecule has 1 saturated carbocycles. The summed E-state index contributed by atoms with van der Waals surface area (Å²) < 4.78 is 0. The summed E-state index contributed by atoms with van der Waals surface area (Å²) in [6, 6.07) is 9.66. The SMILES string of the molecule is CC(C(=O)N(C)CC1CCCC1)C(N)c1ccccc1. The van der Waals surface area contributed by atoms with E-state index in [-0.39, 0.29) is 17.9 Å². The van der Waals surface area contributed by atoms with Gasteiger partial charge in [-0.1, -0.05) is 50.1 Å². The van der Waals surface area contributed by atoms with Crippen molar-refractivity contribution < 1.29 is 4.79 Å². The summed E-state index contributed by atoms with van der Waals surface area (Å²) >= 11 is 0. The minimum atomic E-state index is -0.227. The average molecular weight is 274 g/mol. The average Bonchev–Trinajstić information content (AvgIpc) is 2.98. The Bertz CT molecular complexity index is 426. The summed E-state index contributed by atoms with van der Waals surface area (Å²) in [5, 5.41) is 0. The highest BCUT2D eigenvalue weighted by atomic mass is 16.2. The molecular weight excluding hydrogens is 248 g/mol. The quantitative estimate of drug-likeness (QED) is 0.897. The molecule has 0 bridgehead atoms. The van der Waals surface area contributed by atoms with E-state index in [0.717, 1.165) is 12.1 Å². The van der Waals surface area contributed by atoms with Gasteiger partial charge in [0.15, 0.2) is 0 Å². The van der Waals surface area contributed by atoms with Crippen LogP contribution in [0, 0.1) is 11.8 Å². The number of nitrogens with two attached hydrogens (primary N) is 1. The molecule has 1 fully saturated rings. The summed E-state index contributed by atoms with van der Waals surface area (Å²) in [6.45, 7) is 2.82. The van der Waals surface area contributed by atoms with Crippen LogP contribution in [0.1, 0.15) is 44.2 Å². The highest BCUT2D eigenvalue weighted by Crippen LogP contribution is 2.26. The lowest BCUT2D eigenvalue weighted by Crippen LogP contribution is -2.39. The van der Waals surface area contributed by atoms with Gasteiger partial charge in [-0.25, -0.2) is 0 Å². The number of hydrogen-bond donors (Lipinski definition) is 1. The molecule has 0 spiro atoms. The minimum Gasteiger partial charge on any atom is -0.345 e. The van der Waals surface area contributed by atoms with Gasteiger partial charge in [0.05, 0.1) is 5.92 Å². The van der Waals surface area contributed by atoms with Crippen molar-refractivity contribution >= 4 is 5.91 Å². The van der Waals surface area contributed by atoms with Crippen molar-refractivity contribution in [2.24, 2.45) is 17.6 Å². The maximum atomic E-state index is 12.5. The Hall–Kier alpha value is -1.35. The second-order valence-corrected chi connectivity index (χ2v) is 6.09. The van der Waals surface area contributed by atoms with Crippen molar-refractivity contribution in [3.05, 3.63) is 35.9 Å². The van der Waals surface area contributed by atoms with E-state index in [4.69, 9.17) is 5.73 Å². The van der Waals surface area contributed by atoms with Gasteiger partial charge in [-0.2, -0.15) is 0 Å². The molecule has 0 aromatic heterocycles. The Labute approximate surface area is 122 Å². The maximum Gasteiger partial charge on any atom is 0.227 e. The molecule has 20 heavy (non-hydrogen) atoms. The third-order valence-corrected chi connectivity index (χ3v) is 4.50. The zero-order valence-electron chi connectivity index (χ0n) is 12.6. The van der Waals surface area contributed by atoms with E-state index >= 15 is 0 Å². The van der Waals surface area contributed by atoms with Gasteiger partial charge in [0.1, 0.15) is 0 Å². The molecule has 2 N–H and O–H groups in total. The van der Waals surface area contributed by atoms with Gasteiger partial charge < -0.3 is 10.6 Å². The normalized spacial score (nSPS) is 18.8. The van der Waals surface area contributed by atoms with Gasteiger partial charge in [-0.15, -0.1) is 0 Å². The largest absolute Gasteiger partial charge is 0.345 e. The summed E-state index contributed by atoms with van der Waals surface area (Å²) in [7, 11) is 1.91. The third-order valence-electron chi connectivity index (χ3n) is 4.50. The predicted molar refractivity (Wildman–Crippen MR) is 82.1 cm³/mol. The van der Waals surface area contributed by atoms with E-state index in [1.807, 2.05) is 49.2 Å². The fourth-order valence-corrected chi connectivity index (χ4v) is 3.14. The van der Waals surface area contributed by atoms with Crippen LogP contribution in [0.15, 0.2) is 30.3 Å². The number of carbonyl (C=O) groups is 1. The van der Waals surface area contributed by atoms with E-state index in [1.165, 1.54) is 25.7 Å². The van der Waals surface area contributed by atoms with Crippen LogP contribution in [0.3, 0.4) is 0 Å². The molecule has 0 heterocycles. The van der Waals surface area contributed by atoms with Crippen LogP contribution in [0.2, 0.25) is 0 Å². The second kappa shape index (κ2) is 6.89. The molecule has 1 aliphatic rings. The molecule has 0 radical (unpaired) electrons. The molecule has 2 atom stereocenters. The molecule has 2 rings (SSSR count). The van der Waals surface area contributed by atoms with Crippen molar-refractivity contribution in [3.63, 3.8) is 0 Å². The number of rotatable bonds is 5. The lowest BCUT2D eigenvalue weighted by Gasteiger charge is -2.27. The first kappa shape index (κ1) is 15.0. The third kappa shape index (κ3) is 3.60. The van der Waals surface area contributed by atoms with Crippen LogP contribution in [-0.4, -0.2) is 24.4 Å². The van der Waals surface area contributed by atoms with Gasteiger partial charge in [-0.3, -0.25) is 4.79 Å². The van der Waals surface area contributed by atoms with E-state index in [0.29, 0.717) is 5.92 Å². The monoisotopic (exact) mass is 274 g/mol. The Kier molecular flexibility index (Phi) is 5.18. The fourth-order valence-electron chi connectivity index (χ4n) is 3.14. The molecule has 110 valence electrons. The lowest BCUT2D eigenvalue weighted by atomic mass is 9.94. The number of benzene rings is 1. The van der Waals surface area contributed by atoms with Gasteiger partial charge in [-0.05, 0) is 24.3 Å². The summed E-state index contributed by atoms with van der Waals surface area (Å²) in [4.78, 5) is 14.4. The lowest BCUT2D eigenvalue weighted by molar-refractivity contribution is -0.134. The molecule has 0 saturated heterocycles. The summed E-state index contributed by atoms with van der Waals surface area (Å²) in [5.74, 6) is 0.668. The van der Waals surface area contributed by atoms with E-state index in [9.17, 15) is 4.79 Å².